The smallest absolute Gasteiger partial charge is 0.0172 e. The second-order valence-electron chi connectivity index (χ2n) is 2.33. The lowest BCUT2D eigenvalue weighted by molar-refractivity contribution is 0.696. The van der Waals surface area contributed by atoms with Crippen molar-refractivity contribution in [2.45, 2.75) is 27.2 Å². The van der Waals surface area contributed by atoms with Gasteiger partial charge in [-0.15, -0.1) is 11.8 Å². The zero-order valence-corrected chi connectivity index (χ0v) is 8.85. The summed E-state index contributed by atoms with van der Waals surface area (Å²) in [5.74, 6) is 0. The van der Waals surface area contributed by atoms with E-state index < -0.39 is 0 Å². The van der Waals surface area contributed by atoms with Crippen molar-refractivity contribution >= 4 is 11.8 Å². The second kappa shape index (κ2) is 6.74. The first-order chi connectivity index (χ1) is 5.34. The molecule has 0 aliphatic carbocycles. The maximum atomic E-state index is 3.33. The Morgan fingerprint density at radius 3 is 2.36 bits per heavy atom. The molecule has 1 aliphatic heterocycles. The number of nitrogens with one attached hydrogen (secondary N) is 1. The van der Waals surface area contributed by atoms with Crippen molar-refractivity contribution < 1.29 is 0 Å². The van der Waals surface area contributed by atoms with Crippen LogP contribution >= 0.6 is 11.8 Å². The van der Waals surface area contributed by atoms with Crippen LogP contribution in [0.4, 0.5) is 0 Å². The summed E-state index contributed by atoms with van der Waals surface area (Å²) in [5, 5.41) is 3.33. The van der Waals surface area contributed by atoms with Crippen molar-refractivity contribution in [1.29, 1.82) is 0 Å². The number of hydrogen-bond donors (Lipinski definition) is 1. The van der Waals surface area contributed by atoms with Gasteiger partial charge in [-0.1, -0.05) is 13.8 Å². The Balaban J connectivity index is 0.000000461. The van der Waals surface area contributed by atoms with E-state index in [1.165, 1.54) is 12.0 Å². The van der Waals surface area contributed by atoms with E-state index >= 15 is 0 Å². The SMILES string of the molecule is CC.CSC1=C(C)CNCC1. The molecule has 0 saturated heterocycles. The Kier molecular flexibility index (Phi) is 6.77. The molecule has 0 atom stereocenters. The lowest BCUT2D eigenvalue weighted by Gasteiger charge is -2.16. The summed E-state index contributed by atoms with van der Waals surface area (Å²) < 4.78 is 0. The number of hydrogen-bond acceptors (Lipinski definition) is 2. The van der Waals surface area contributed by atoms with E-state index in [0.29, 0.717) is 0 Å². The van der Waals surface area contributed by atoms with Gasteiger partial charge >= 0.3 is 0 Å². The molecule has 1 heterocycles. The highest BCUT2D eigenvalue weighted by Crippen LogP contribution is 2.21. The maximum absolute atomic E-state index is 3.33. The van der Waals surface area contributed by atoms with E-state index in [9.17, 15) is 0 Å². The molecule has 0 unspecified atom stereocenters. The standard InChI is InChI=1S/C7H13NS.C2H6/c1-6-5-8-4-3-7(6)9-2;1-2/h8H,3-5H2,1-2H3;1-2H3. The van der Waals surface area contributed by atoms with Gasteiger partial charge in [-0.3, -0.25) is 0 Å². The van der Waals surface area contributed by atoms with Crippen LogP contribution < -0.4 is 5.32 Å². The van der Waals surface area contributed by atoms with Crippen LogP contribution in [0, 0.1) is 0 Å². The highest BCUT2D eigenvalue weighted by atomic mass is 32.2. The number of thioether (sulfide) groups is 1. The van der Waals surface area contributed by atoms with Crippen molar-refractivity contribution in [2.24, 2.45) is 0 Å². The predicted octanol–water partition coefficient (Wildman–Crippen LogP) is 2.64. The Bertz CT molecular complexity index is 130. The third-order valence-electron chi connectivity index (χ3n) is 1.64. The average molecular weight is 173 g/mol. The second-order valence-corrected chi connectivity index (χ2v) is 3.24. The molecule has 66 valence electrons. The van der Waals surface area contributed by atoms with E-state index in [4.69, 9.17) is 0 Å². The maximum Gasteiger partial charge on any atom is 0.0172 e. The van der Waals surface area contributed by atoms with Crippen LogP contribution in [-0.2, 0) is 0 Å². The fraction of sp³-hybridized carbons (Fsp3) is 0.778. The summed E-state index contributed by atoms with van der Waals surface area (Å²) in [5.41, 5.74) is 1.52. The zero-order valence-electron chi connectivity index (χ0n) is 8.03. The van der Waals surface area contributed by atoms with Gasteiger partial charge in [0.2, 0.25) is 0 Å². The minimum absolute atomic E-state index is 1.09. The molecule has 0 bridgehead atoms. The van der Waals surface area contributed by atoms with Gasteiger partial charge < -0.3 is 5.32 Å². The van der Waals surface area contributed by atoms with Crippen molar-refractivity contribution in [2.75, 3.05) is 19.3 Å². The monoisotopic (exact) mass is 173 g/mol. The predicted molar refractivity (Wildman–Crippen MR) is 55.0 cm³/mol. The summed E-state index contributed by atoms with van der Waals surface area (Å²) in [6, 6.07) is 0. The van der Waals surface area contributed by atoms with E-state index in [2.05, 4.69) is 18.5 Å². The first-order valence-electron chi connectivity index (χ1n) is 4.28. The van der Waals surface area contributed by atoms with Gasteiger partial charge in [-0.25, -0.2) is 0 Å². The fourth-order valence-electron chi connectivity index (χ4n) is 1.07. The van der Waals surface area contributed by atoms with Crippen LogP contribution in [0.1, 0.15) is 27.2 Å². The molecule has 0 saturated carbocycles. The first kappa shape index (κ1) is 11.1. The Morgan fingerprint density at radius 1 is 1.36 bits per heavy atom. The Morgan fingerprint density at radius 2 is 2.00 bits per heavy atom. The average Bonchev–Trinajstić information content (AvgIpc) is 2.09. The molecule has 0 radical (unpaired) electrons. The van der Waals surface area contributed by atoms with Crippen molar-refractivity contribution in [3.63, 3.8) is 0 Å². The van der Waals surface area contributed by atoms with Crippen molar-refractivity contribution in [3.05, 3.63) is 10.5 Å². The van der Waals surface area contributed by atoms with Crippen LogP contribution in [0.25, 0.3) is 0 Å². The van der Waals surface area contributed by atoms with Crippen LogP contribution in [0.3, 0.4) is 0 Å². The summed E-state index contributed by atoms with van der Waals surface area (Å²) in [6.07, 6.45) is 3.39. The Labute approximate surface area is 74.6 Å². The third-order valence-corrected chi connectivity index (χ3v) is 2.69. The van der Waals surface area contributed by atoms with Gasteiger partial charge in [0.1, 0.15) is 0 Å². The molecule has 0 aromatic heterocycles. The van der Waals surface area contributed by atoms with Gasteiger partial charge in [0.15, 0.2) is 0 Å². The fourth-order valence-corrected chi connectivity index (χ4v) is 1.79. The molecule has 1 aliphatic rings. The number of rotatable bonds is 1. The van der Waals surface area contributed by atoms with Crippen LogP contribution in [0.15, 0.2) is 10.5 Å². The lowest BCUT2D eigenvalue weighted by atomic mass is 10.2. The zero-order chi connectivity index (χ0) is 8.69. The topological polar surface area (TPSA) is 12.0 Å². The quantitative estimate of drug-likeness (QED) is 0.654. The lowest BCUT2D eigenvalue weighted by Crippen LogP contribution is -2.23. The largest absolute Gasteiger partial charge is 0.313 e. The molecule has 2 heteroatoms. The van der Waals surface area contributed by atoms with Crippen LogP contribution in [0.2, 0.25) is 0 Å². The molecule has 11 heavy (non-hydrogen) atoms. The first-order valence-corrected chi connectivity index (χ1v) is 5.50. The highest BCUT2D eigenvalue weighted by Gasteiger charge is 2.05. The van der Waals surface area contributed by atoms with E-state index in [-0.39, 0.29) is 0 Å². The molecule has 0 aromatic carbocycles. The molecular formula is C9H19NS. The molecule has 0 amide bonds. The van der Waals surface area contributed by atoms with Crippen molar-refractivity contribution in [3.8, 4) is 0 Å². The molecule has 0 spiro atoms. The summed E-state index contributed by atoms with van der Waals surface area (Å²) >= 11 is 1.89. The Hall–Kier alpha value is 0.0500. The molecule has 0 fully saturated rings. The van der Waals surface area contributed by atoms with E-state index in [0.717, 1.165) is 13.1 Å². The van der Waals surface area contributed by atoms with Gasteiger partial charge in [-0.05, 0) is 36.6 Å². The van der Waals surface area contributed by atoms with E-state index in [1.807, 2.05) is 25.6 Å². The summed E-state index contributed by atoms with van der Waals surface area (Å²) in [6.45, 7) is 8.46. The van der Waals surface area contributed by atoms with E-state index in [1.54, 1.807) is 4.91 Å². The highest BCUT2D eigenvalue weighted by molar-refractivity contribution is 8.02. The summed E-state index contributed by atoms with van der Waals surface area (Å²) in [7, 11) is 0. The van der Waals surface area contributed by atoms with Crippen LogP contribution in [0.5, 0.6) is 0 Å². The summed E-state index contributed by atoms with van der Waals surface area (Å²) in [4.78, 5) is 1.58. The molecule has 1 rings (SSSR count). The molecule has 1 N–H and O–H groups in total. The third kappa shape index (κ3) is 3.82. The van der Waals surface area contributed by atoms with Gasteiger partial charge in [0.25, 0.3) is 0 Å². The molecule has 1 nitrogen and oxygen atoms in total. The van der Waals surface area contributed by atoms with Crippen LogP contribution in [-0.4, -0.2) is 19.3 Å². The van der Waals surface area contributed by atoms with Gasteiger partial charge in [0, 0.05) is 6.54 Å². The molecular weight excluding hydrogens is 154 g/mol. The minimum atomic E-state index is 1.09. The van der Waals surface area contributed by atoms with Gasteiger partial charge in [0.05, 0.1) is 0 Å². The molecule has 0 aromatic rings. The normalized spacial score (nSPS) is 17.5. The minimum Gasteiger partial charge on any atom is -0.313 e. The van der Waals surface area contributed by atoms with Gasteiger partial charge in [-0.2, -0.15) is 0 Å². The van der Waals surface area contributed by atoms with Crippen molar-refractivity contribution in [1.82, 2.24) is 5.32 Å².